The van der Waals surface area contributed by atoms with Crippen LogP contribution in [0.1, 0.15) is 17.0 Å². The molecule has 0 unspecified atom stereocenters. The first-order valence-electron chi connectivity index (χ1n) is 5.36. The van der Waals surface area contributed by atoms with Crippen molar-refractivity contribution in [3.05, 3.63) is 52.3 Å². The first kappa shape index (κ1) is 13.6. The number of anilines is 1. The second-order valence-electron chi connectivity index (χ2n) is 3.70. The number of hydrogen-bond acceptors (Lipinski definition) is 4. The molecule has 1 aromatic carbocycles. The van der Waals surface area contributed by atoms with Gasteiger partial charge in [0, 0.05) is 24.0 Å². The Bertz CT molecular complexity index is 639. The van der Waals surface area contributed by atoms with E-state index in [1.807, 2.05) is 0 Å². The Balaban J connectivity index is 2.15. The second-order valence-corrected chi connectivity index (χ2v) is 3.70. The minimum Gasteiger partial charge on any atom is -0.321 e. The van der Waals surface area contributed by atoms with E-state index in [4.69, 9.17) is 0 Å². The van der Waals surface area contributed by atoms with Gasteiger partial charge in [-0.15, -0.1) is 0 Å². The van der Waals surface area contributed by atoms with E-state index in [1.165, 1.54) is 24.3 Å². The van der Waals surface area contributed by atoms with Crippen LogP contribution in [0.2, 0.25) is 0 Å². The molecule has 1 aromatic heterocycles. The van der Waals surface area contributed by atoms with Crippen LogP contribution in [0.15, 0.2) is 36.5 Å². The van der Waals surface area contributed by atoms with Crippen LogP contribution in [-0.4, -0.2) is 20.6 Å². The molecule has 2 aromatic rings. The van der Waals surface area contributed by atoms with E-state index in [2.05, 4.69) is 10.4 Å². The van der Waals surface area contributed by atoms with Crippen molar-refractivity contribution in [1.82, 2.24) is 9.78 Å². The summed E-state index contributed by atoms with van der Waals surface area (Å²) in [4.78, 5) is 21.7. The van der Waals surface area contributed by atoms with Crippen LogP contribution in [-0.2, 0) is 0 Å². The summed E-state index contributed by atoms with van der Waals surface area (Å²) >= 11 is 0. The Morgan fingerprint density at radius 1 is 1.30 bits per heavy atom. The molecule has 1 heterocycles. The van der Waals surface area contributed by atoms with Gasteiger partial charge in [-0.2, -0.15) is 18.6 Å². The van der Waals surface area contributed by atoms with Crippen molar-refractivity contribution >= 4 is 17.3 Å². The smallest absolute Gasteiger partial charge is 0.321 e. The predicted molar refractivity (Wildman–Crippen MR) is 64.5 cm³/mol. The standard InChI is InChI=1S/C11H8F2N4O3/c12-11(13)16-9(5-6-14-16)10(18)15-7-1-3-8(4-2-7)17(19)20/h1-6,11H,(H,15,18). The lowest BCUT2D eigenvalue weighted by Crippen LogP contribution is -2.18. The third-order valence-electron chi connectivity index (χ3n) is 2.42. The number of aromatic nitrogens is 2. The second kappa shape index (κ2) is 5.43. The van der Waals surface area contributed by atoms with E-state index >= 15 is 0 Å². The number of non-ortho nitro benzene ring substituents is 1. The fourth-order valence-corrected chi connectivity index (χ4v) is 1.51. The van der Waals surface area contributed by atoms with Gasteiger partial charge in [-0.1, -0.05) is 0 Å². The van der Waals surface area contributed by atoms with E-state index < -0.39 is 17.4 Å². The number of rotatable bonds is 4. The number of amides is 1. The van der Waals surface area contributed by atoms with E-state index in [-0.39, 0.29) is 21.8 Å². The third-order valence-corrected chi connectivity index (χ3v) is 2.42. The molecule has 0 fully saturated rings. The average molecular weight is 282 g/mol. The molecule has 9 heteroatoms. The van der Waals surface area contributed by atoms with Crippen LogP contribution in [0.4, 0.5) is 20.2 Å². The summed E-state index contributed by atoms with van der Waals surface area (Å²) < 4.78 is 25.4. The SMILES string of the molecule is O=C(Nc1ccc([N+](=O)[O-])cc1)c1ccnn1C(F)F. The topological polar surface area (TPSA) is 90.1 Å². The van der Waals surface area contributed by atoms with Gasteiger partial charge in [-0.05, 0) is 18.2 Å². The maximum absolute atomic E-state index is 12.5. The number of carbonyl (C=O) groups excluding carboxylic acids is 1. The van der Waals surface area contributed by atoms with Crippen LogP contribution in [0.3, 0.4) is 0 Å². The van der Waals surface area contributed by atoms with E-state index in [1.54, 1.807) is 0 Å². The minimum atomic E-state index is -2.93. The number of benzene rings is 1. The molecule has 0 spiro atoms. The fourth-order valence-electron chi connectivity index (χ4n) is 1.51. The van der Waals surface area contributed by atoms with Gasteiger partial charge < -0.3 is 5.32 Å². The highest BCUT2D eigenvalue weighted by Gasteiger charge is 2.18. The van der Waals surface area contributed by atoms with Crippen LogP contribution in [0.5, 0.6) is 0 Å². The molecular formula is C11H8F2N4O3. The number of nitro benzene ring substituents is 1. The molecular weight excluding hydrogens is 274 g/mol. The molecule has 0 aliphatic rings. The number of hydrogen-bond donors (Lipinski definition) is 1. The molecule has 7 nitrogen and oxygen atoms in total. The van der Waals surface area contributed by atoms with Gasteiger partial charge in [0.15, 0.2) is 0 Å². The molecule has 104 valence electrons. The van der Waals surface area contributed by atoms with Gasteiger partial charge in [0.1, 0.15) is 5.69 Å². The number of nitrogens with zero attached hydrogens (tertiary/aromatic N) is 3. The summed E-state index contributed by atoms with van der Waals surface area (Å²) in [6.07, 6.45) is 1.08. The molecule has 20 heavy (non-hydrogen) atoms. The highest BCUT2D eigenvalue weighted by Crippen LogP contribution is 2.17. The molecule has 0 atom stereocenters. The molecule has 1 N–H and O–H groups in total. The monoisotopic (exact) mass is 282 g/mol. The summed E-state index contributed by atoms with van der Waals surface area (Å²) in [5, 5.41) is 16.1. The van der Waals surface area contributed by atoms with Crippen molar-refractivity contribution in [3.8, 4) is 0 Å². The van der Waals surface area contributed by atoms with E-state index in [9.17, 15) is 23.7 Å². The molecule has 0 saturated carbocycles. The Morgan fingerprint density at radius 3 is 2.50 bits per heavy atom. The van der Waals surface area contributed by atoms with Gasteiger partial charge in [0.05, 0.1) is 4.92 Å². The Hall–Kier alpha value is -2.84. The zero-order chi connectivity index (χ0) is 14.7. The normalized spacial score (nSPS) is 10.6. The zero-order valence-electron chi connectivity index (χ0n) is 9.86. The molecule has 0 saturated heterocycles. The highest BCUT2D eigenvalue weighted by atomic mass is 19.3. The number of nitro groups is 1. The van der Waals surface area contributed by atoms with Gasteiger partial charge >= 0.3 is 6.55 Å². The van der Waals surface area contributed by atoms with Gasteiger partial charge in [-0.25, -0.2) is 0 Å². The third kappa shape index (κ3) is 2.76. The number of alkyl halides is 2. The van der Waals surface area contributed by atoms with Crippen LogP contribution in [0, 0.1) is 10.1 Å². The summed E-state index contributed by atoms with van der Waals surface area (Å²) in [5.74, 6) is -0.781. The molecule has 2 rings (SSSR count). The van der Waals surface area contributed by atoms with E-state index in [0.717, 1.165) is 12.3 Å². The Labute approximate surface area is 111 Å². The van der Waals surface area contributed by atoms with E-state index in [0.29, 0.717) is 0 Å². The fraction of sp³-hybridized carbons (Fsp3) is 0.0909. The van der Waals surface area contributed by atoms with Crippen LogP contribution >= 0.6 is 0 Å². The van der Waals surface area contributed by atoms with Crippen molar-refractivity contribution in [1.29, 1.82) is 0 Å². The zero-order valence-corrected chi connectivity index (χ0v) is 9.86. The molecule has 1 amide bonds. The van der Waals surface area contributed by atoms with Gasteiger partial charge in [-0.3, -0.25) is 14.9 Å². The average Bonchev–Trinajstić information content (AvgIpc) is 2.88. The number of nitrogens with one attached hydrogen (secondary N) is 1. The molecule has 0 aliphatic carbocycles. The summed E-state index contributed by atoms with van der Waals surface area (Å²) in [5.41, 5.74) is -0.193. The Morgan fingerprint density at radius 2 is 1.95 bits per heavy atom. The number of halogens is 2. The maximum Gasteiger partial charge on any atom is 0.333 e. The minimum absolute atomic E-state index is 0.138. The summed E-state index contributed by atoms with van der Waals surface area (Å²) in [6, 6.07) is 6.14. The van der Waals surface area contributed by atoms with Gasteiger partial charge in [0.25, 0.3) is 11.6 Å². The lowest BCUT2D eigenvalue weighted by atomic mass is 10.2. The lowest BCUT2D eigenvalue weighted by molar-refractivity contribution is -0.384. The van der Waals surface area contributed by atoms with Crippen molar-refractivity contribution in [2.24, 2.45) is 0 Å². The Kier molecular flexibility index (Phi) is 3.69. The summed E-state index contributed by atoms with van der Waals surface area (Å²) in [7, 11) is 0. The predicted octanol–water partition coefficient (Wildman–Crippen LogP) is 2.44. The highest BCUT2D eigenvalue weighted by molar-refractivity contribution is 6.03. The first-order valence-corrected chi connectivity index (χ1v) is 5.36. The molecule has 0 bridgehead atoms. The number of carbonyl (C=O) groups is 1. The van der Waals surface area contributed by atoms with Crippen LogP contribution < -0.4 is 5.32 Å². The van der Waals surface area contributed by atoms with Crippen molar-refractivity contribution < 1.29 is 18.5 Å². The van der Waals surface area contributed by atoms with Crippen molar-refractivity contribution in [2.75, 3.05) is 5.32 Å². The maximum atomic E-state index is 12.5. The molecule has 0 radical (unpaired) electrons. The quantitative estimate of drug-likeness (QED) is 0.688. The largest absolute Gasteiger partial charge is 0.333 e. The van der Waals surface area contributed by atoms with Crippen LogP contribution in [0.25, 0.3) is 0 Å². The first-order chi connectivity index (χ1) is 9.49. The van der Waals surface area contributed by atoms with Crippen molar-refractivity contribution in [3.63, 3.8) is 0 Å². The van der Waals surface area contributed by atoms with Gasteiger partial charge in [0.2, 0.25) is 0 Å². The lowest BCUT2D eigenvalue weighted by Gasteiger charge is -2.07. The summed E-state index contributed by atoms with van der Waals surface area (Å²) in [6.45, 7) is -2.93. The van der Waals surface area contributed by atoms with Crippen molar-refractivity contribution in [2.45, 2.75) is 6.55 Å². The molecule has 0 aliphatic heterocycles.